The molecule has 0 atom stereocenters. The third kappa shape index (κ3) is 3.68. The molecule has 0 spiro atoms. The van der Waals surface area contributed by atoms with Crippen LogP contribution in [0.25, 0.3) is 23.3 Å². The van der Waals surface area contributed by atoms with Crippen LogP contribution in [0.5, 0.6) is 5.75 Å². The van der Waals surface area contributed by atoms with E-state index in [1.807, 2.05) is 0 Å². The van der Waals surface area contributed by atoms with Gasteiger partial charge in [-0.15, -0.1) is 0 Å². The quantitative estimate of drug-likeness (QED) is 0.593. The van der Waals surface area contributed by atoms with Crippen molar-refractivity contribution in [1.29, 1.82) is 5.26 Å². The number of phenolic OH excluding ortho intramolecular Hbond substituents is 1. The first kappa shape index (κ1) is 18.2. The molecule has 0 bridgehead atoms. The van der Waals surface area contributed by atoms with Crippen LogP contribution in [-0.4, -0.2) is 15.1 Å². The van der Waals surface area contributed by atoms with Crippen molar-refractivity contribution < 1.29 is 13.9 Å². The molecule has 0 aliphatic carbocycles. The van der Waals surface area contributed by atoms with E-state index in [-0.39, 0.29) is 21.6 Å². The van der Waals surface area contributed by atoms with Crippen LogP contribution in [0.2, 0.25) is 0 Å². The van der Waals surface area contributed by atoms with Crippen molar-refractivity contribution in [2.24, 2.45) is 0 Å². The molecular formula is C19H11F2N3O2S. The first-order chi connectivity index (χ1) is 12.9. The molecule has 8 heteroatoms. The Morgan fingerprint density at radius 3 is 2.44 bits per heavy atom. The molecule has 1 heterocycles. The van der Waals surface area contributed by atoms with E-state index in [2.05, 4.69) is 9.97 Å². The van der Waals surface area contributed by atoms with E-state index in [0.717, 1.165) is 12.1 Å². The van der Waals surface area contributed by atoms with E-state index in [9.17, 15) is 18.7 Å². The summed E-state index contributed by atoms with van der Waals surface area (Å²) < 4.78 is 27.5. The predicted molar refractivity (Wildman–Crippen MR) is 99.3 cm³/mol. The van der Waals surface area contributed by atoms with E-state index in [4.69, 9.17) is 17.5 Å². The van der Waals surface area contributed by atoms with E-state index >= 15 is 0 Å². The summed E-state index contributed by atoms with van der Waals surface area (Å²) in [6.07, 6.45) is 3.06. The number of halogens is 2. The van der Waals surface area contributed by atoms with Gasteiger partial charge in [0, 0.05) is 0 Å². The van der Waals surface area contributed by atoms with Crippen molar-refractivity contribution >= 4 is 24.4 Å². The lowest BCUT2D eigenvalue weighted by atomic mass is 9.98. The van der Waals surface area contributed by atoms with Gasteiger partial charge in [-0.1, -0.05) is 30.3 Å². The fraction of sp³-hybridized carbons (Fsp3) is 0. The molecule has 0 aliphatic rings. The first-order valence-electron chi connectivity index (χ1n) is 7.63. The second kappa shape index (κ2) is 7.35. The Bertz CT molecular complexity index is 1200. The molecule has 3 N–H and O–H groups in total. The van der Waals surface area contributed by atoms with E-state index < -0.39 is 22.9 Å². The molecule has 0 saturated carbocycles. The van der Waals surface area contributed by atoms with Gasteiger partial charge < -0.3 is 10.1 Å². The first-order valence-corrected chi connectivity index (χ1v) is 8.03. The average molecular weight is 383 g/mol. The molecule has 5 nitrogen and oxygen atoms in total. The second-order valence-corrected chi connectivity index (χ2v) is 5.93. The van der Waals surface area contributed by atoms with E-state index in [1.165, 1.54) is 6.08 Å². The van der Waals surface area contributed by atoms with Crippen molar-refractivity contribution in [3.63, 3.8) is 0 Å². The van der Waals surface area contributed by atoms with Crippen LogP contribution in [-0.2, 0) is 0 Å². The van der Waals surface area contributed by atoms with Gasteiger partial charge in [-0.2, -0.15) is 5.26 Å². The number of aromatic amines is 2. The summed E-state index contributed by atoms with van der Waals surface area (Å²) in [6.45, 7) is 0. The fourth-order valence-corrected chi connectivity index (χ4v) is 2.74. The molecule has 27 heavy (non-hydrogen) atoms. The van der Waals surface area contributed by atoms with Crippen molar-refractivity contribution in [1.82, 2.24) is 9.97 Å². The molecule has 0 amide bonds. The molecule has 3 rings (SSSR count). The van der Waals surface area contributed by atoms with E-state index in [1.54, 1.807) is 36.4 Å². The number of phenols is 1. The second-order valence-electron chi connectivity index (χ2n) is 5.52. The highest BCUT2D eigenvalue weighted by molar-refractivity contribution is 7.71. The number of hydrogen-bond donors (Lipinski definition) is 3. The largest absolute Gasteiger partial charge is 0.503 e. The maximum Gasteiger partial charge on any atom is 0.270 e. The molecule has 2 aromatic carbocycles. The van der Waals surface area contributed by atoms with Gasteiger partial charge >= 0.3 is 0 Å². The standard InChI is InChI=1S/C19H11F2N3O2S/c20-14-7-11(8-15(21)17(14)25)12-4-2-1-3-10(12)5-6-16-13(9-22)18(26)24-19(27)23-16/h1-8,25H,(H2,23,24,26,27)/b6-5+. The zero-order valence-electron chi connectivity index (χ0n) is 13.6. The summed E-state index contributed by atoms with van der Waals surface area (Å²) in [6, 6.07) is 10.6. The highest BCUT2D eigenvalue weighted by atomic mass is 32.1. The van der Waals surface area contributed by atoms with Gasteiger partial charge in [0.1, 0.15) is 11.6 Å². The summed E-state index contributed by atoms with van der Waals surface area (Å²) in [5, 5.41) is 18.4. The van der Waals surface area contributed by atoms with Gasteiger partial charge in [0.15, 0.2) is 22.2 Å². The summed E-state index contributed by atoms with van der Waals surface area (Å²) in [4.78, 5) is 16.8. The Labute approximate surface area is 156 Å². The van der Waals surface area contributed by atoms with Crippen LogP contribution in [0.4, 0.5) is 8.78 Å². The molecule has 0 fully saturated rings. The highest BCUT2D eigenvalue weighted by Gasteiger charge is 2.12. The van der Waals surface area contributed by atoms with Gasteiger partial charge in [-0.05, 0) is 47.1 Å². The Morgan fingerprint density at radius 1 is 1.11 bits per heavy atom. The lowest BCUT2D eigenvalue weighted by Gasteiger charge is -2.08. The number of nitrogens with one attached hydrogen (secondary N) is 2. The molecule has 0 aliphatic heterocycles. The maximum absolute atomic E-state index is 13.7. The third-order valence-electron chi connectivity index (χ3n) is 3.80. The average Bonchev–Trinajstić information content (AvgIpc) is 2.64. The molecule has 0 radical (unpaired) electrons. The number of H-pyrrole nitrogens is 2. The molecule has 3 aromatic rings. The topological polar surface area (TPSA) is 92.7 Å². The summed E-state index contributed by atoms with van der Waals surface area (Å²) in [5.74, 6) is -3.19. The van der Waals surface area contributed by atoms with Crippen molar-refractivity contribution in [2.75, 3.05) is 0 Å². The Kier molecular flexibility index (Phi) is 4.96. The zero-order valence-corrected chi connectivity index (χ0v) is 14.4. The van der Waals surface area contributed by atoms with E-state index in [0.29, 0.717) is 11.1 Å². The molecule has 134 valence electrons. The fourth-order valence-electron chi connectivity index (χ4n) is 2.54. The van der Waals surface area contributed by atoms with Gasteiger partial charge in [0.25, 0.3) is 5.56 Å². The van der Waals surface area contributed by atoms with Gasteiger partial charge in [0.2, 0.25) is 0 Å². The van der Waals surface area contributed by atoms with Crippen LogP contribution in [0.3, 0.4) is 0 Å². The van der Waals surface area contributed by atoms with Crippen LogP contribution in [0.1, 0.15) is 16.8 Å². The monoisotopic (exact) mass is 383 g/mol. The number of nitrogens with zero attached hydrogens (tertiary/aromatic N) is 1. The number of aromatic nitrogens is 2. The zero-order chi connectivity index (χ0) is 19.6. The predicted octanol–water partition coefficient (Wildman–Crippen LogP) is 4.13. The lowest BCUT2D eigenvalue weighted by molar-refractivity contribution is 0.396. The van der Waals surface area contributed by atoms with Gasteiger partial charge in [-0.25, -0.2) is 8.78 Å². The van der Waals surface area contributed by atoms with Crippen LogP contribution in [0.15, 0.2) is 41.2 Å². The molecular weight excluding hydrogens is 372 g/mol. The minimum absolute atomic E-state index is 0.0645. The van der Waals surface area contributed by atoms with Gasteiger partial charge in [-0.3, -0.25) is 9.78 Å². The SMILES string of the molecule is N#Cc1c(/C=C/c2ccccc2-c2cc(F)c(O)c(F)c2)[nH]c(=S)[nH]c1=O. The maximum atomic E-state index is 13.7. The number of rotatable bonds is 3. The lowest BCUT2D eigenvalue weighted by Crippen LogP contribution is -2.13. The minimum atomic E-state index is -1.07. The third-order valence-corrected chi connectivity index (χ3v) is 4.01. The van der Waals surface area contributed by atoms with Crippen LogP contribution >= 0.6 is 12.2 Å². The molecule has 0 saturated heterocycles. The number of benzene rings is 2. The van der Waals surface area contributed by atoms with Crippen molar-refractivity contribution in [3.8, 4) is 22.9 Å². The summed E-state index contributed by atoms with van der Waals surface area (Å²) in [5.41, 5.74) is 0.751. The number of nitriles is 1. The smallest absolute Gasteiger partial charge is 0.270 e. The Morgan fingerprint density at radius 2 is 1.78 bits per heavy atom. The van der Waals surface area contributed by atoms with Crippen molar-refractivity contribution in [2.45, 2.75) is 0 Å². The Balaban J connectivity index is 2.12. The number of hydrogen-bond acceptors (Lipinski definition) is 4. The number of aromatic hydroxyl groups is 1. The summed E-state index contributed by atoms with van der Waals surface area (Å²) in [7, 11) is 0. The highest BCUT2D eigenvalue weighted by Crippen LogP contribution is 2.30. The van der Waals surface area contributed by atoms with Crippen LogP contribution < -0.4 is 5.56 Å². The Hall–Kier alpha value is -3.57. The van der Waals surface area contributed by atoms with Crippen LogP contribution in [0, 0.1) is 27.7 Å². The van der Waals surface area contributed by atoms with Crippen molar-refractivity contribution in [3.05, 3.63) is 80.0 Å². The molecule has 1 aromatic heterocycles. The minimum Gasteiger partial charge on any atom is -0.503 e. The summed E-state index contributed by atoms with van der Waals surface area (Å²) >= 11 is 4.91. The normalized spacial score (nSPS) is 10.9. The van der Waals surface area contributed by atoms with Gasteiger partial charge in [0.05, 0.1) is 5.69 Å². The molecule has 0 unspecified atom stereocenters.